The van der Waals surface area contributed by atoms with Crippen molar-refractivity contribution in [2.75, 3.05) is 36.1 Å². The van der Waals surface area contributed by atoms with Crippen molar-refractivity contribution in [1.29, 1.82) is 0 Å². The summed E-state index contributed by atoms with van der Waals surface area (Å²) in [7, 11) is 0. The number of thiocarbonyl (C=S) groups is 1. The third kappa shape index (κ3) is 3.66. The molecule has 28 heavy (non-hydrogen) atoms. The molecule has 0 radical (unpaired) electrons. The van der Waals surface area contributed by atoms with Gasteiger partial charge in [-0.1, -0.05) is 17.7 Å². The maximum absolute atomic E-state index is 13.0. The molecule has 9 heteroatoms. The van der Waals surface area contributed by atoms with E-state index < -0.39 is 11.8 Å². The van der Waals surface area contributed by atoms with Crippen LogP contribution in [0, 0.1) is 0 Å². The Balaban J connectivity index is 1.63. The predicted molar refractivity (Wildman–Crippen MR) is 109 cm³/mol. The molecule has 1 N–H and O–H groups in total. The summed E-state index contributed by atoms with van der Waals surface area (Å²) < 4.78 is 11.1. The van der Waals surface area contributed by atoms with Crippen molar-refractivity contribution in [3.8, 4) is 0 Å². The van der Waals surface area contributed by atoms with Crippen LogP contribution in [0.1, 0.15) is 5.76 Å². The van der Waals surface area contributed by atoms with Crippen LogP contribution in [0.25, 0.3) is 6.08 Å². The van der Waals surface area contributed by atoms with Gasteiger partial charge in [0.05, 0.1) is 18.9 Å². The predicted octanol–water partition coefficient (Wildman–Crippen LogP) is 2.60. The Morgan fingerprint density at radius 1 is 1.14 bits per heavy atom. The van der Waals surface area contributed by atoms with E-state index in [2.05, 4.69) is 5.32 Å². The number of rotatable bonds is 3. The summed E-state index contributed by atoms with van der Waals surface area (Å²) in [6.45, 7) is 2.70. The first-order chi connectivity index (χ1) is 13.5. The number of nitrogens with one attached hydrogen (secondary N) is 1. The van der Waals surface area contributed by atoms with Crippen molar-refractivity contribution in [2.24, 2.45) is 0 Å². The van der Waals surface area contributed by atoms with Crippen LogP contribution in [0.5, 0.6) is 0 Å². The largest absolute Gasteiger partial charge is 0.441 e. The van der Waals surface area contributed by atoms with E-state index in [1.54, 1.807) is 30.3 Å². The molecule has 144 valence electrons. The summed E-state index contributed by atoms with van der Waals surface area (Å²) in [6.07, 6.45) is 1.42. The molecule has 1 aromatic carbocycles. The minimum atomic E-state index is -0.572. The molecule has 2 aromatic rings. The molecule has 0 unspecified atom stereocenters. The molecular weight excluding hydrogens is 402 g/mol. The summed E-state index contributed by atoms with van der Waals surface area (Å²) in [4.78, 5) is 28.6. The number of ether oxygens (including phenoxy) is 1. The van der Waals surface area contributed by atoms with Crippen LogP contribution in [0.2, 0.25) is 5.02 Å². The second kappa shape index (κ2) is 7.75. The average molecular weight is 418 g/mol. The summed E-state index contributed by atoms with van der Waals surface area (Å²) in [5.41, 5.74) is 0.401. The van der Waals surface area contributed by atoms with E-state index in [1.165, 1.54) is 11.0 Å². The van der Waals surface area contributed by atoms with E-state index in [4.69, 9.17) is 33.0 Å². The van der Waals surface area contributed by atoms with Crippen LogP contribution in [-0.2, 0) is 14.3 Å². The van der Waals surface area contributed by atoms with Crippen molar-refractivity contribution in [2.45, 2.75) is 0 Å². The summed E-state index contributed by atoms with van der Waals surface area (Å²) >= 11 is 11.2. The van der Waals surface area contributed by atoms with E-state index in [0.717, 1.165) is 13.1 Å². The summed E-state index contributed by atoms with van der Waals surface area (Å²) in [6, 6.07) is 10.2. The van der Waals surface area contributed by atoms with E-state index in [-0.39, 0.29) is 10.7 Å². The van der Waals surface area contributed by atoms with E-state index in [1.807, 2.05) is 11.0 Å². The van der Waals surface area contributed by atoms with Gasteiger partial charge in [-0.05, 0) is 42.6 Å². The second-order valence-corrected chi connectivity index (χ2v) is 7.04. The lowest BCUT2D eigenvalue weighted by Crippen LogP contribution is -2.54. The number of nitrogens with zero attached hydrogens (tertiary/aromatic N) is 2. The zero-order valence-corrected chi connectivity index (χ0v) is 16.3. The molecular formula is C19H16ClN3O4S. The lowest BCUT2D eigenvalue weighted by molar-refractivity contribution is -0.122. The Kier molecular flexibility index (Phi) is 5.17. The Hall–Kier alpha value is -2.68. The highest BCUT2D eigenvalue weighted by Crippen LogP contribution is 2.26. The normalized spacial score (nSPS) is 19.3. The highest BCUT2D eigenvalue weighted by molar-refractivity contribution is 7.80. The Labute approximate surface area is 171 Å². The number of morpholine rings is 1. The zero-order chi connectivity index (χ0) is 19.7. The lowest BCUT2D eigenvalue weighted by atomic mass is 10.1. The fraction of sp³-hybridized carbons (Fsp3) is 0.211. The Morgan fingerprint density at radius 2 is 1.93 bits per heavy atom. The van der Waals surface area contributed by atoms with Crippen molar-refractivity contribution < 1.29 is 18.7 Å². The molecule has 0 spiro atoms. The second-order valence-electron chi connectivity index (χ2n) is 6.21. The standard InChI is InChI=1S/C19H16ClN3O4S/c20-12-2-1-3-13(10-12)23-18(25)15(17(24)21-19(23)28)11-14-4-5-16(27-14)22-6-8-26-9-7-22/h1-5,10-11H,6-9H2,(H,21,24,28)/b15-11+. The number of hydrogen-bond acceptors (Lipinski definition) is 6. The molecule has 0 saturated carbocycles. The minimum Gasteiger partial charge on any atom is -0.441 e. The highest BCUT2D eigenvalue weighted by Gasteiger charge is 2.34. The minimum absolute atomic E-state index is 0.00265. The molecule has 2 aliphatic rings. The van der Waals surface area contributed by atoms with Crippen LogP contribution < -0.4 is 15.1 Å². The van der Waals surface area contributed by atoms with Gasteiger partial charge in [-0.2, -0.15) is 0 Å². The molecule has 3 heterocycles. The third-order valence-electron chi connectivity index (χ3n) is 4.39. The number of furan rings is 1. The SMILES string of the molecule is O=C1NC(=S)N(c2cccc(Cl)c2)C(=O)/C1=C/c1ccc(N2CCOCC2)o1. The number of amides is 2. The fourth-order valence-corrected chi connectivity index (χ4v) is 3.49. The van der Waals surface area contributed by atoms with Crippen LogP contribution in [0.4, 0.5) is 11.6 Å². The van der Waals surface area contributed by atoms with Crippen LogP contribution in [0.15, 0.2) is 46.4 Å². The van der Waals surface area contributed by atoms with Gasteiger partial charge < -0.3 is 14.1 Å². The number of carbonyl (C=O) groups is 2. The van der Waals surface area contributed by atoms with Gasteiger partial charge in [-0.15, -0.1) is 0 Å². The van der Waals surface area contributed by atoms with Gasteiger partial charge in [0.25, 0.3) is 11.8 Å². The molecule has 7 nitrogen and oxygen atoms in total. The van der Waals surface area contributed by atoms with Gasteiger partial charge in [-0.3, -0.25) is 19.8 Å². The van der Waals surface area contributed by atoms with Crippen molar-refractivity contribution in [3.63, 3.8) is 0 Å². The maximum atomic E-state index is 13.0. The summed E-state index contributed by atoms with van der Waals surface area (Å²) in [5, 5.41) is 2.99. The molecule has 0 atom stereocenters. The first-order valence-corrected chi connectivity index (χ1v) is 9.41. The number of anilines is 2. The third-order valence-corrected chi connectivity index (χ3v) is 4.91. The van der Waals surface area contributed by atoms with Crippen LogP contribution >= 0.6 is 23.8 Å². The molecule has 4 rings (SSSR count). The van der Waals surface area contributed by atoms with Gasteiger partial charge in [0.15, 0.2) is 11.0 Å². The van der Waals surface area contributed by atoms with Gasteiger partial charge in [0.1, 0.15) is 11.3 Å². The lowest BCUT2D eigenvalue weighted by Gasteiger charge is -2.28. The number of halogens is 1. The molecule has 0 bridgehead atoms. The molecule has 2 saturated heterocycles. The number of hydrogen-bond donors (Lipinski definition) is 1. The molecule has 2 fully saturated rings. The summed E-state index contributed by atoms with van der Waals surface area (Å²) in [5.74, 6) is -0.0437. The van der Waals surface area contributed by atoms with Crippen LogP contribution in [0.3, 0.4) is 0 Å². The topological polar surface area (TPSA) is 75.0 Å². The van der Waals surface area contributed by atoms with E-state index >= 15 is 0 Å². The first-order valence-electron chi connectivity index (χ1n) is 8.62. The number of benzene rings is 1. The van der Waals surface area contributed by atoms with Gasteiger partial charge in [0.2, 0.25) is 0 Å². The number of carbonyl (C=O) groups excluding carboxylic acids is 2. The molecule has 2 amide bonds. The Morgan fingerprint density at radius 3 is 2.68 bits per heavy atom. The first kappa shape index (κ1) is 18.7. The Bertz CT molecular complexity index is 981. The monoisotopic (exact) mass is 417 g/mol. The van der Waals surface area contributed by atoms with E-state index in [0.29, 0.717) is 35.6 Å². The average Bonchev–Trinajstić information content (AvgIpc) is 3.14. The van der Waals surface area contributed by atoms with Crippen molar-refractivity contribution in [3.05, 3.63) is 52.8 Å². The van der Waals surface area contributed by atoms with Crippen molar-refractivity contribution >= 4 is 58.4 Å². The van der Waals surface area contributed by atoms with Crippen molar-refractivity contribution in [1.82, 2.24) is 5.32 Å². The quantitative estimate of drug-likeness (QED) is 0.470. The molecule has 0 aliphatic carbocycles. The van der Waals surface area contributed by atoms with Gasteiger partial charge >= 0.3 is 0 Å². The van der Waals surface area contributed by atoms with Gasteiger partial charge in [0, 0.05) is 24.2 Å². The smallest absolute Gasteiger partial charge is 0.270 e. The van der Waals surface area contributed by atoms with Crippen LogP contribution in [-0.4, -0.2) is 43.2 Å². The van der Waals surface area contributed by atoms with Gasteiger partial charge in [-0.25, -0.2) is 0 Å². The van der Waals surface area contributed by atoms with E-state index in [9.17, 15) is 9.59 Å². The molecule has 2 aliphatic heterocycles. The maximum Gasteiger partial charge on any atom is 0.270 e. The fourth-order valence-electron chi connectivity index (χ4n) is 3.02. The highest BCUT2D eigenvalue weighted by atomic mass is 35.5. The zero-order valence-electron chi connectivity index (χ0n) is 14.7. The molecule has 1 aromatic heterocycles.